The summed E-state index contributed by atoms with van der Waals surface area (Å²) in [5.74, 6) is -0.0113. The molecule has 0 saturated carbocycles. The minimum Gasteiger partial charge on any atom is -0.506 e. The van der Waals surface area contributed by atoms with Crippen LogP contribution in [0.4, 0.5) is 68.2 Å². The van der Waals surface area contributed by atoms with Gasteiger partial charge in [0.2, 0.25) is 12.7 Å². The number of rotatable bonds is 24. The maximum Gasteiger partial charge on any atom is 0.243 e. The zero-order valence-electron chi connectivity index (χ0n) is 56.0. The molecule has 0 aliphatic carbocycles. The predicted octanol–water partition coefficient (Wildman–Crippen LogP) is 14.5. The van der Waals surface area contributed by atoms with Crippen LogP contribution in [0.1, 0.15) is 25.7 Å². The van der Waals surface area contributed by atoms with E-state index < -0.39 is 0 Å². The summed E-state index contributed by atoms with van der Waals surface area (Å²) in [6.07, 6.45) is 32.6. The lowest BCUT2D eigenvalue weighted by molar-refractivity contribution is -0.726. The van der Waals surface area contributed by atoms with Gasteiger partial charge in [-0.1, -0.05) is 97.1 Å². The number of anilines is 4. The van der Waals surface area contributed by atoms with Crippen LogP contribution in [-0.2, 0) is 52.4 Å². The van der Waals surface area contributed by atoms with Gasteiger partial charge in [-0.15, -0.1) is 20.5 Å². The molecule has 508 valence electrons. The van der Waals surface area contributed by atoms with E-state index in [4.69, 9.17) is 22.9 Å². The lowest BCUT2D eigenvalue weighted by Crippen LogP contribution is -2.37. The van der Waals surface area contributed by atoms with Crippen molar-refractivity contribution in [2.24, 2.45) is 40.9 Å². The Balaban J connectivity index is 0.000000182. The topological polar surface area (TPSA) is 317 Å². The lowest BCUT2D eigenvalue weighted by Gasteiger charge is -2.07. The summed E-state index contributed by atoms with van der Waals surface area (Å²) < 4.78 is 17.4. The molecule has 24 heteroatoms. The van der Waals surface area contributed by atoms with Crippen molar-refractivity contribution in [3.8, 4) is 23.0 Å². The molecule has 14 rings (SSSR count). The van der Waals surface area contributed by atoms with Gasteiger partial charge >= 0.3 is 0 Å². The molecule has 24 nitrogen and oxygen atoms in total. The average molecular weight is 1360 g/mol. The van der Waals surface area contributed by atoms with Gasteiger partial charge in [0, 0.05) is 119 Å². The second-order valence-electron chi connectivity index (χ2n) is 24.7. The number of imidazole rings is 2. The summed E-state index contributed by atoms with van der Waals surface area (Å²) >= 11 is 0. The zero-order chi connectivity index (χ0) is 70.3. The largest absolute Gasteiger partial charge is 0.506 e. The number of hydrogen-bond donors (Lipinski definition) is 8. The van der Waals surface area contributed by atoms with E-state index in [1.54, 1.807) is 24.3 Å². The van der Waals surface area contributed by atoms with Crippen molar-refractivity contribution in [1.29, 1.82) is 0 Å². The highest BCUT2D eigenvalue weighted by Gasteiger charge is 2.17. The van der Waals surface area contributed by atoms with Gasteiger partial charge in [-0.05, 0) is 22.9 Å². The van der Waals surface area contributed by atoms with E-state index in [9.17, 15) is 20.4 Å². The fourth-order valence-electron chi connectivity index (χ4n) is 12.0. The number of aromatic nitrogens is 8. The maximum absolute atomic E-state index is 10.2. The van der Waals surface area contributed by atoms with E-state index in [0.717, 1.165) is 133 Å². The van der Waals surface area contributed by atoms with Crippen LogP contribution in [0.5, 0.6) is 23.0 Å². The summed E-state index contributed by atoms with van der Waals surface area (Å²) in [6, 6.07) is 52.2. The number of pyridine rings is 4. The normalized spacial score (nSPS) is 11.8. The van der Waals surface area contributed by atoms with Crippen molar-refractivity contribution in [1.82, 2.24) is 9.13 Å². The number of phenolic OH excluding ortho intramolecular Hbond substituents is 4. The molecular weight excluding hydrogens is 1280 g/mol. The lowest BCUT2D eigenvalue weighted by atomic mass is 10.1. The van der Waals surface area contributed by atoms with Crippen LogP contribution in [-0.4, -0.2) is 29.6 Å². The summed E-state index contributed by atoms with van der Waals surface area (Å²) in [5, 5.41) is 82.4. The Kier molecular flexibility index (Phi) is 20.7. The quantitative estimate of drug-likeness (QED) is 0.0124. The maximum atomic E-state index is 10.2. The molecule has 0 unspecified atom stereocenters. The molecule has 0 amide bonds. The third-order valence-corrected chi connectivity index (χ3v) is 17.6. The molecule has 6 aromatic heterocycles. The number of nitrogens with zero attached hydrogens (tertiary/aromatic N) is 16. The Hall–Kier alpha value is -13.4. The van der Waals surface area contributed by atoms with Crippen molar-refractivity contribution < 1.29 is 47.8 Å². The molecule has 14 aromatic rings. The van der Waals surface area contributed by atoms with Crippen LogP contribution in [0.2, 0.25) is 0 Å². The first kappa shape index (κ1) is 67.2. The smallest absolute Gasteiger partial charge is 0.243 e. The molecule has 12 N–H and O–H groups in total. The highest BCUT2D eigenvalue weighted by molar-refractivity contribution is 6.04. The first-order valence-corrected chi connectivity index (χ1v) is 33.6. The number of nitrogens with two attached hydrogens (primary N) is 4. The first-order chi connectivity index (χ1) is 49.8. The minimum atomic E-state index is -0.00301. The second-order valence-corrected chi connectivity index (χ2v) is 24.7. The van der Waals surface area contributed by atoms with Crippen molar-refractivity contribution in [3.05, 3.63) is 257 Å². The average Bonchev–Trinajstić information content (AvgIpc) is 0.872. The molecule has 8 aromatic carbocycles. The molecule has 6 heterocycles. The Labute approximate surface area is 587 Å². The van der Waals surface area contributed by atoms with Gasteiger partial charge in [0.25, 0.3) is 0 Å². The van der Waals surface area contributed by atoms with Crippen molar-refractivity contribution in [3.63, 3.8) is 0 Å². The van der Waals surface area contributed by atoms with Crippen LogP contribution in [0.3, 0.4) is 0 Å². The van der Waals surface area contributed by atoms with Gasteiger partial charge in [0.1, 0.15) is 70.5 Å². The van der Waals surface area contributed by atoms with Crippen LogP contribution in [0, 0.1) is 0 Å². The van der Waals surface area contributed by atoms with Gasteiger partial charge in [0.05, 0.1) is 71.7 Å². The Morgan fingerprint density at radius 1 is 0.284 bits per heavy atom. The van der Waals surface area contributed by atoms with Gasteiger partial charge in [-0.25, -0.2) is 36.5 Å². The van der Waals surface area contributed by atoms with E-state index in [2.05, 4.69) is 115 Å². The first-order valence-electron chi connectivity index (χ1n) is 33.6. The fourth-order valence-corrected chi connectivity index (χ4v) is 12.0. The summed E-state index contributed by atoms with van der Waals surface area (Å²) in [6.45, 7) is 7.10. The summed E-state index contributed by atoms with van der Waals surface area (Å²) in [5.41, 5.74) is 30.3. The van der Waals surface area contributed by atoms with Gasteiger partial charge in [-0.2, -0.15) is 20.5 Å². The van der Waals surface area contributed by atoms with E-state index in [1.807, 2.05) is 195 Å². The van der Waals surface area contributed by atoms with Crippen LogP contribution >= 0.6 is 0 Å². The van der Waals surface area contributed by atoms with Gasteiger partial charge in [-0.3, -0.25) is 0 Å². The molecule has 0 bridgehead atoms. The standard InChI is InChI=1S/2C39H36N10O2/c40-38-32-9-3-1-7-30(32)34(25-36(38)50)44-42-28-11-19-46(20-12-28)15-5-17-48-23-24-49(27-48)18-6-16-47-21-13-29(14-22-47)43-45-35-26-37(51)39(41)33-10-4-2-8-31(33)35;40-36-34(50)25-28-7-1-3-9-32(28)38(36)44-42-30-11-19-46(20-12-30)15-5-17-48-23-24-49(27-48)18-6-16-47-21-13-31(14-22-47)43-45-39-33-10-4-2-8-29(33)26-35(51)37(39)41/h2*1-4,7-14,19-27,40-41H,5-6,15-18H2,(H-,44,45,50,51)/p+6. The summed E-state index contributed by atoms with van der Waals surface area (Å²) in [7, 11) is 0. The molecule has 0 aliphatic heterocycles. The molecule has 0 atom stereocenters. The van der Waals surface area contributed by atoms with Gasteiger partial charge < -0.3 is 43.4 Å². The number of aryl methyl sites for hydroxylation is 8. The van der Waals surface area contributed by atoms with Gasteiger partial charge in [0.15, 0.2) is 75.8 Å². The van der Waals surface area contributed by atoms with E-state index in [-0.39, 0.29) is 34.4 Å². The molecule has 0 radical (unpaired) electrons. The number of fused-ring (bicyclic) bond motifs is 4. The van der Waals surface area contributed by atoms with E-state index >= 15 is 0 Å². The highest BCUT2D eigenvalue weighted by Crippen LogP contribution is 2.43. The zero-order valence-corrected chi connectivity index (χ0v) is 56.0. The molecule has 0 fully saturated rings. The number of phenols is 4. The number of nitrogen functional groups attached to an aromatic ring is 4. The SMILES string of the molecule is Nc1c(O)cc(N=Nc2cc[n+](CCCn3cc[n+](CCC[n+]4ccc(N=Nc5cc(O)c(N)c6ccccc56)cc4)c3)cc2)c2ccccc12.Nc1c(O)cc2ccccc2c1N=Nc1cc[n+](CCCn2cc[n+](CCC[n+]3ccc(N=Nc4c(N)c(O)cc5ccccc45)cc3)c2)cc1. The van der Waals surface area contributed by atoms with Crippen LogP contribution in [0.25, 0.3) is 43.1 Å². The Bertz CT molecular complexity index is 5080. The van der Waals surface area contributed by atoms with E-state index in [0.29, 0.717) is 45.5 Å². The number of azo groups is 4. The molecule has 0 aliphatic rings. The van der Waals surface area contributed by atoms with E-state index in [1.165, 1.54) is 0 Å². The molecule has 102 heavy (non-hydrogen) atoms. The number of aromatic hydroxyl groups is 4. The highest BCUT2D eigenvalue weighted by atomic mass is 16.3. The second kappa shape index (κ2) is 31.4. The van der Waals surface area contributed by atoms with Crippen molar-refractivity contribution in [2.45, 2.75) is 78.0 Å². The number of hydrogen-bond acceptors (Lipinski definition) is 16. The van der Waals surface area contributed by atoms with Crippen molar-refractivity contribution >= 4 is 111 Å². The Morgan fingerprint density at radius 3 is 0.941 bits per heavy atom. The summed E-state index contributed by atoms with van der Waals surface area (Å²) in [4.78, 5) is 0. The molecule has 0 spiro atoms. The minimum absolute atomic E-state index is 0.00265. The van der Waals surface area contributed by atoms with Crippen LogP contribution < -0.4 is 50.3 Å². The monoisotopic (exact) mass is 1360 g/mol. The number of benzene rings is 8. The molecular formula is C78H78N20O4+6. The van der Waals surface area contributed by atoms with Crippen molar-refractivity contribution in [2.75, 3.05) is 22.9 Å². The van der Waals surface area contributed by atoms with Crippen LogP contribution in [0.15, 0.2) is 298 Å². The predicted molar refractivity (Wildman–Crippen MR) is 391 cm³/mol. The Morgan fingerprint density at radius 2 is 0.578 bits per heavy atom. The third-order valence-electron chi connectivity index (χ3n) is 17.6. The fraction of sp³-hybridized carbons (Fsp3) is 0.154. The third kappa shape index (κ3) is 16.4. The molecule has 0 saturated heterocycles.